The lowest BCUT2D eigenvalue weighted by atomic mass is 10.1. The van der Waals surface area contributed by atoms with Gasteiger partial charge in [-0.3, -0.25) is 4.79 Å². The van der Waals surface area contributed by atoms with Gasteiger partial charge >= 0.3 is 0 Å². The van der Waals surface area contributed by atoms with Crippen molar-refractivity contribution in [2.45, 2.75) is 13.0 Å². The van der Waals surface area contributed by atoms with Crippen LogP contribution in [-0.2, 0) is 4.74 Å². The standard InChI is InChI=1S/C20H24N2O2/c1-15-7-9-16(10-8-15)19-14-22(11-12-24-19)20(23)17-5-4-6-18(13-17)21(2)3/h4-10,13,19H,11-12,14H2,1-3H3. The molecule has 24 heavy (non-hydrogen) atoms. The molecule has 1 fully saturated rings. The van der Waals surface area contributed by atoms with Crippen LogP contribution >= 0.6 is 0 Å². The fourth-order valence-corrected chi connectivity index (χ4v) is 2.92. The van der Waals surface area contributed by atoms with E-state index in [9.17, 15) is 4.79 Å². The van der Waals surface area contributed by atoms with Crippen molar-refractivity contribution in [3.63, 3.8) is 0 Å². The molecule has 0 radical (unpaired) electrons. The average molecular weight is 324 g/mol. The minimum Gasteiger partial charge on any atom is -0.378 e. The third-order valence-corrected chi connectivity index (χ3v) is 4.41. The van der Waals surface area contributed by atoms with E-state index >= 15 is 0 Å². The summed E-state index contributed by atoms with van der Waals surface area (Å²) in [5, 5.41) is 0. The maximum Gasteiger partial charge on any atom is 0.254 e. The fourth-order valence-electron chi connectivity index (χ4n) is 2.92. The molecule has 0 spiro atoms. The Hall–Kier alpha value is -2.33. The van der Waals surface area contributed by atoms with Crippen molar-refractivity contribution in [3.8, 4) is 0 Å². The van der Waals surface area contributed by atoms with E-state index in [1.807, 2.05) is 48.2 Å². The van der Waals surface area contributed by atoms with Crippen LogP contribution in [0.1, 0.15) is 27.6 Å². The highest BCUT2D eigenvalue weighted by molar-refractivity contribution is 5.95. The first kappa shape index (κ1) is 16.5. The lowest BCUT2D eigenvalue weighted by Crippen LogP contribution is -2.42. The molecule has 1 atom stereocenters. The first-order valence-electron chi connectivity index (χ1n) is 8.29. The number of anilines is 1. The zero-order valence-corrected chi connectivity index (χ0v) is 14.5. The number of benzene rings is 2. The molecule has 0 aliphatic carbocycles. The zero-order chi connectivity index (χ0) is 17.1. The van der Waals surface area contributed by atoms with Crippen LogP contribution in [0, 0.1) is 6.92 Å². The number of carbonyl (C=O) groups excluding carboxylic acids is 1. The molecular formula is C20H24N2O2. The van der Waals surface area contributed by atoms with Gasteiger partial charge in [0.1, 0.15) is 6.10 Å². The normalized spacial score (nSPS) is 17.6. The van der Waals surface area contributed by atoms with Crippen molar-refractivity contribution in [2.75, 3.05) is 38.7 Å². The monoisotopic (exact) mass is 324 g/mol. The Morgan fingerprint density at radius 1 is 1.17 bits per heavy atom. The van der Waals surface area contributed by atoms with Crippen molar-refractivity contribution in [2.24, 2.45) is 0 Å². The van der Waals surface area contributed by atoms with Gasteiger partial charge in [0, 0.05) is 31.9 Å². The van der Waals surface area contributed by atoms with Crippen LogP contribution in [0.15, 0.2) is 48.5 Å². The summed E-state index contributed by atoms with van der Waals surface area (Å²) >= 11 is 0. The van der Waals surface area contributed by atoms with Gasteiger partial charge in [0.25, 0.3) is 5.91 Å². The van der Waals surface area contributed by atoms with Crippen molar-refractivity contribution >= 4 is 11.6 Å². The van der Waals surface area contributed by atoms with E-state index in [1.54, 1.807) is 0 Å². The molecule has 0 N–H and O–H groups in total. The average Bonchev–Trinajstić information content (AvgIpc) is 2.62. The molecule has 2 aromatic rings. The maximum atomic E-state index is 12.9. The number of amides is 1. The number of morpholine rings is 1. The molecule has 3 rings (SSSR count). The summed E-state index contributed by atoms with van der Waals surface area (Å²) in [6, 6.07) is 16.1. The van der Waals surface area contributed by atoms with Crippen molar-refractivity contribution in [3.05, 3.63) is 65.2 Å². The molecule has 0 bridgehead atoms. The molecule has 2 aromatic carbocycles. The van der Waals surface area contributed by atoms with Crippen LogP contribution in [0.25, 0.3) is 0 Å². The molecule has 1 saturated heterocycles. The van der Waals surface area contributed by atoms with Gasteiger partial charge in [0.05, 0.1) is 13.2 Å². The third-order valence-electron chi connectivity index (χ3n) is 4.41. The smallest absolute Gasteiger partial charge is 0.254 e. The number of nitrogens with zero attached hydrogens (tertiary/aromatic N) is 2. The van der Waals surface area contributed by atoms with Gasteiger partial charge in [0.2, 0.25) is 0 Å². The van der Waals surface area contributed by atoms with Gasteiger partial charge in [-0.2, -0.15) is 0 Å². The highest BCUT2D eigenvalue weighted by Gasteiger charge is 2.26. The summed E-state index contributed by atoms with van der Waals surface area (Å²) in [5.41, 5.74) is 4.11. The van der Waals surface area contributed by atoms with Crippen molar-refractivity contribution in [1.29, 1.82) is 0 Å². The molecule has 1 aliphatic rings. The maximum absolute atomic E-state index is 12.9. The van der Waals surface area contributed by atoms with E-state index in [2.05, 4.69) is 31.2 Å². The van der Waals surface area contributed by atoms with E-state index < -0.39 is 0 Å². The van der Waals surface area contributed by atoms with Gasteiger partial charge in [0.15, 0.2) is 0 Å². The highest BCUT2D eigenvalue weighted by Crippen LogP contribution is 2.24. The number of hydrogen-bond donors (Lipinski definition) is 0. The quantitative estimate of drug-likeness (QED) is 0.869. The molecular weight excluding hydrogens is 300 g/mol. The SMILES string of the molecule is Cc1ccc(C2CN(C(=O)c3cccc(N(C)C)c3)CCO2)cc1. The van der Waals surface area contributed by atoms with Crippen LogP contribution in [0.4, 0.5) is 5.69 Å². The Morgan fingerprint density at radius 2 is 1.92 bits per heavy atom. The molecule has 0 saturated carbocycles. The second kappa shape index (κ2) is 7.05. The first-order chi connectivity index (χ1) is 11.5. The number of carbonyl (C=O) groups is 1. The molecule has 4 heteroatoms. The minimum absolute atomic E-state index is 0.0552. The van der Waals surface area contributed by atoms with Crippen LogP contribution in [-0.4, -0.2) is 44.6 Å². The predicted octanol–water partition coefficient (Wildman–Crippen LogP) is 3.27. The van der Waals surface area contributed by atoms with Crippen LogP contribution in [0.3, 0.4) is 0 Å². The van der Waals surface area contributed by atoms with Crippen LogP contribution in [0.5, 0.6) is 0 Å². The van der Waals surface area contributed by atoms with E-state index in [4.69, 9.17) is 4.74 Å². The molecule has 1 amide bonds. The summed E-state index contributed by atoms with van der Waals surface area (Å²) < 4.78 is 5.88. The second-order valence-corrected chi connectivity index (χ2v) is 6.47. The second-order valence-electron chi connectivity index (χ2n) is 6.47. The highest BCUT2D eigenvalue weighted by atomic mass is 16.5. The summed E-state index contributed by atoms with van der Waals surface area (Å²) in [6.07, 6.45) is -0.0552. The fraction of sp³-hybridized carbons (Fsp3) is 0.350. The lowest BCUT2D eigenvalue weighted by molar-refractivity contribution is -0.0228. The number of aryl methyl sites for hydroxylation is 1. The molecule has 1 heterocycles. The Balaban J connectivity index is 1.75. The molecule has 1 unspecified atom stereocenters. The summed E-state index contributed by atoms with van der Waals surface area (Å²) in [5.74, 6) is 0.0686. The Bertz CT molecular complexity index is 710. The molecule has 1 aliphatic heterocycles. The minimum atomic E-state index is -0.0552. The summed E-state index contributed by atoms with van der Waals surface area (Å²) in [6.45, 7) is 3.86. The Labute approximate surface area is 143 Å². The van der Waals surface area contributed by atoms with Gasteiger partial charge < -0.3 is 14.5 Å². The lowest BCUT2D eigenvalue weighted by Gasteiger charge is -2.33. The summed E-state index contributed by atoms with van der Waals surface area (Å²) in [4.78, 5) is 16.8. The van der Waals surface area contributed by atoms with E-state index in [0.717, 1.165) is 16.8 Å². The Morgan fingerprint density at radius 3 is 2.62 bits per heavy atom. The topological polar surface area (TPSA) is 32.8 Å². The number of ether oxygens (including phenoxy) is 1. The predicted molar refractivity (Wildman–Crippen MR) is 96.5 cm³/mol. The number of rotatable bonds is 3. The van der Waals surface area contributed by atoms with Crippen molar-refractivity contribution < 1.29 is 9.53 Å². The van der Waals surface area contributed by atoms with Gasteiger partial charge in [-0.15, -0.1) is 0 Å². The number of hydrogen-bond acceptors (Lipinski definition) is 3. The third kappa shape index (κ3) is 3.60. The molecule has 126 valence electrons. The van der Waals surface area contributed by atoms with Crippen LogP contribution < -0.4 is 4.90 Å². The van der Waals surface area contributed by atoms with E-state index in [1.165, 1.54) is 5.56 Å². The van der Waals surface area contributed by atoms with Crippen LogP contribution in [0.2, 0.25) is 0 Å². The van der Waals surface area contributed by atoms with E-state index in [0.29, 0.717) is 19.7 Å². The largest absolute Gasteiger partial charge is 0.378 e. The first-order valence-corrected chi connectivity index (χ1v) is 8.29. The van der Waals surface area contributed by atoms with Gasteiger partial charge in [-0.05, 0) is 30.7 Å². The molecule has 0 aromatic heterocycles. The molecule has 4 nitrogen and oxygen atoms in total. The van der Waals surface area contributed by atoms with Crippen molar-refractivity contribution in [1.82, 2.24) is 4.90 Å². The van der Waals surface area contributed by atoms with Gasteiger partial charge in [-0.1, -0.05) is 35.9 Å². The zero-order valence-electron chi connectivity index (χ0n) is 14.5. The Kier molecular flexibility index (Phi) is 4.86. The van der Waals surface area contributed by atoms with E-state index in [-0.39, 0.29) is 12.0 Å². The summed E-state index contributed by atoms with van der Waals surface area (Å²) in [7, 11) is 3.96. The van der Waals surface area contributed by atoms with Gasteiger partial charge in [-0.25, -0.2) is 0 Å².